The van der Waals surface area contributed by atoms with Gasteiger partial charge in [0.1, 0.15) is 10.0 Å². The van der Waals surface area contributed by atoms with Gasteiger partial charge in [-0.25, -0.2) is 13.1 Å². The lowest BCUT2D eigenvalue weighted by Crippen LogP contribution is -2.37. The van der Waals surface area contributed by atoms with Gasteiger partial charge in [-0.2, -0.15) is 9.40 Å². The van der Waals surface area contributed by atoms with Crippen molar-refractivity contribution in [3.05, 3.63) is 71.3 Å². The van der Waals surface area contributed by atoms with Crippen LogP contribution < -0.4 is 0 Å². The van der Waals surface area contributed by atoms with E-state index in [4.69, 9.17) is 17.3 Å². The van der Waals surface area contributed by atoms with E-state index in [0.29, 0.717) is 39.5 Å². The number of thioether (sulfide) groups is 1. The molecule has 2 aromatic carbocycles. The lowest BCUT2D eigenvalue weighted by Gasteiger charge is -2.29. The number of para-hydroxylation sites is 1. The number of thiocarbonyl (C=S) groups is 1. The van der Waals surface area contributed by atoms with Crippen molar-refractivity contribution < 1.29 is 13.2 Å². The van der Waals surface area contributed by atoms with Crippen LogP contribution in [0.3, 0.4) is 0 Å². The van der Waals surface area contributed by atoms with Crippen LogP contribution in [-0.2, 0) is 14.8 Å². The quantitative estimate of drug-likeness (QED) is 0.254. The number of aromatic nitrogens is 2. The predicted molar refractivity (Wildman–Crippen MR) is 163 cm³/mol. The van der Waals surface area contributed by atoms with Gasteiger partial charge in [-0.05, 0) is 61.9 Å². The zero-order valence-corrected chi connectivity index (χ0v) is 24.9. The smallest absolute Gasteiger partial charge is 0.266 e. The molecule has 2 saturated heterocycles. The van der Waals surface area contributed by atoms with Crippen LogP contribution in [0.15, 0.2) is 70.6 Å². The summed E-state index contributed by atoms with van der Waals surface area (Å²) >= 11 is 6.95. The minimum absolute atomic E-state index is 0.0593. The highest BCUT2D eigenvalue weighted by molar-refractivity contribution is 8.26. The van der Waals surface area contributed by atoms with Crippen LogP contribution in [0.4, 0.5) is 0 Å². The van der Waals surface area contributed by atoms with Gasteiger partial charge in [0.05, 0.1) is 15.5 Å². The number of carbonyl (C=O) groups is 1. The Morgan fingerprint density at radius 3 is 2.45 bits per heavy atom. The Balaban J connectivity index is 1.39. The molecule has 0 unspecified atom stereocenters. The fourth-order valence-electron chi connectivity index (χ4n) is 5.71. The van der Waals surface area contributed by atoms with Crippen molar-refractivity contribution in [2.75, 3.05) is 13.1 Å². The molecule has 0 spiro atoms. The summed E-state index contributed by atoms with van der Waals surface area (Å²) in [5.74, 6) is 0.472. The summed E-state index contributed by atoms with van der Waals surface area (Å²) in [6, 6.07) is 16.9. The third-order valence-corrected chi connectivity index (χ3v) is 11.3. The Bertz CT molecular complexity index is 1570. The monoisotopic (exact) mass is 592 g/mol. The molecule has 208 valence electrons. The Morgan fingerprint density at radius 2 is 1.73 bits per heavy atom. The maximum absolute atomic E-state index is 13.5. The fourth-order valence-corrected chi connectivity index (χ4v) is 8.61. The zero-order valence-electron chi connectivity index (χ0n) is 22.4. The van der Waals surface area contributed by atoms with E-state index >= 15 is 0 Å². The van der Waals surface area contributed by atoms with E-state index in [1.807, 2.05) is 48.7 Å². The summed E-state index contributed by atoms with van der Waals surface area (Å²) in [6.07, 6.45) is 9.66. The number of amides is 1. The van der Waals surface area contributed by atoms with Crippen LogP contribution in [0.2, 0.25) is 0 Å². The van der Waals surface area contributed by atoms with E-state index in [-0.39, 0.29) is 16.8 Å². The SMILES string of the molecule is CC1CCN(S(=O)(=O)c2cccc(-c3nn(-c4ccccc4)cc3/C=C3\SC(=S)N(C4CCCC4)C3=O)c2)CC1. The van der Waals surface area contributed by atoms with Gasteiger partial charge in [0.2, 0.25) is 10.0 Å². The summed E-state index contributed by atoms with van der Waals surface area (Å²) < 4.78 is 31.0. The van der Waals surface area contributed by atoms with Gasteiger partial charge in [0.25, 0.3) is 5.91 Å². The van der Waals surface area contributed by atoms with Gasteiger partial charge in [-0.1, -0.05) is 74.1 Å². The third-order valence-electron chi connectivity index (χ3n) is 8.05. The molecular formula is C30H32N4O3S3. The van der Waals surface area contributed by atoms with E-state index in [0.717, 1.165) is 49.8 Å². The predicted octanol–water partition coefficient (Wildman–Crippen LogP) is 6.10. The van der Waals surface area contributed by atoms with Crippen molar-refractivity contribution in [3.63, 3.8) is 0 Å². The molecule has 0 N–H and O–H groups in total. The van der Waals surface area contributed by atoms with Crippen LogP contribution in [0.5, 0.6) is 0 Å². The molecule has 2 aliphatic heterocycles. The van der Waals surface area contributed by atoms with Crippen LogP contribution >= 0.6 is 24.0 Å². The minimum atomic E-state index is -3.63. The lowest BCUT2D eigenvalue weighted by molar-refractivity contribution is -0.123. The molecule has 40 heavy (non-hydrogen) atoms. The van der Waals surface area contributed by atoms with Gasteiger partial charge in [-0.15, -0.1) is 0 Å². The molecule has 3 fully saturated rings. The Morgan fingerprint density at radius 1 is 1.00 bits per heavy atom. The molecular weight excluding hydrogens is 561 g/mol. The zero-order chi connectivity index (χ0) is 27.9. The van der Waals surface area contributed by atoms with E-state index in [1.54, 1.807) is 32.1 Å². The maximum Gasteiger partial charge on any atom is 0.266 e. The molecule has 0 atom stereocenters. The van der Waals surface area contributed by atoms with Crippen molar-refractivity contribution in [1.29, 1.82) is 0 Å². The molecule has 1 amide bonds. The number of sulfonamides is 1. The second-order valence-electron chi connectivity index (χ2n) is 10.8. The van der Waals surface area contributed by atoms with Crippen molar-refractivity contribution >= 4 is 50.3 Å². The molecule has 0 bridgehead atoms. The highest BCUT2D eigenvalue weighted by Gasteiger charge is 2.38. The van der Waals surface area contributed by atoms with E-state index in [2.05, 4.69) is 6.92 Å². The van der Waals surface area contributed by atoms with Crippen LogP contribution in [-0.4, -0.2) is 56.8 Å². The highest BCUT2D eigenvalue weighted by Crippen LogP contribution is 2.39. The average Bonchev–Trinajstić information content (AvgIpc) is 3.70. The van der Waals surface area contributed by atoms with E-state index in [9.17, 15) is 13.2 Å². The first kappa shape index (κ1) is 27.4. The number of carbonyl (C=O) groups excluding carboxylic acids is 1. The summed E-state index contributed by atoms with van der Waals surface area (Å²) in [5, 5.41) is 4.88. The number of hydrogen-bond donors (Lipinski definition) is 0. The number of rotatable bonds is 6. The molecule has 1 aliphatic carbocycles. The summed E-state index contributed by atoms with van der Waals surface area (Å²) in [6.45, 7) is 3.23. The summed E-state index contributed by atoms with van der Waals surface area (Å²) in [5.41, 5.74) is 2.89. The topological polar surface area (TPSA) is 75.5 Å². The largest absolute Gasteiger partial charge is 0.290 e. The first-order valence-electron chi connectivity index (χ1n) is 13.8. The molecule has 10 heteroatoms. The summed E-state index contributed by atoms with van der Waals surface area (Å²) in [4.78, 5) is 16.1. The Hall–Kier alpha value is -2.79. The van der Waals surface area contributed by atoms with Crippen LogP contribution in [0.25, 0.3) is 23.0 Å². The Labute approximate surface area is 245 Å². The summed E-state index contributed by atoms with van der Waals surface area (Å²) in [7, 11) is -3.63. The lowest BCUT2D eigenvalue weighted by atomic mass is 10.0. The fraction of sp³-hybridized carbons (Fsp3) is 0.367. The number of benzene rings is 2. The average molecular weight is 593 g/mol. The third kappa shape index (κ3) is 5.30. The molecule has 0 radical (unpaired) electrons. The van der Waals surface area contributed by atoms with Crippen LogP contribution in [0.1, 0.15) is 51.0 Å². The second kappa shape index (κ2) is 11.2. The van der Waals surface area contributed by atoms with Gasteiger partial charge < -0.3 is 0 Å². The molecule has 3 aliphatic rings. The van der Waals surface area contributed by atoms with Gasteiger partial charge in [0.15, 0.2) is 0 Å². The van der Waals surface area contributed by atoms with Crippen molar-refractivity contribution in [2.24, 2.45) is 5.92 Å². The molecule has 1 saturated carbocycles. The first-order valence-corrected chi connectivity index (χ1v) is 16.5. The molecule has 7 nitrogen and oxygen atoms in total. The van der Waals surface area contributed by atoms with E-state index in [1.165, 1.54) is 11.8 Å². The van der Waals surface area contributed by atoms with Crippen LogP contribution in [0, 0.1) is 5.92 Å². The highest BCUT2D eigenvalue weighted by atomic mass is 32.2. The number of hydrogen-bond acceptors (Lipinski definition) is 6. The molecule has 3 aromatic rings. The number of nitrogens with zero attached hydrogens (tertiary/aromatic N) is 4. The Kier molecular flexibility index (Phi) is 7.69. The van der Waals surface area contributed by atoms with Crippen molar-refractivity contribution in [3.8, 4) is 16.9 Å². The van der Waals surface area contributed by atoms with E-state index < -0.39 is 10.0 Å². The maximum atomic E-state index is 13.5. The normalized spacial score (nSPS) is 20.7. The first-order chi connectivity index (χ1) is 19.3. The molecule has 1 aromatic heterocycles. The van der Waals surface area contributed by atoms with Gasteiger partial charge >= 0.3 is 0 Å². The number of piperidine rings is 1. The van der Waals surface area contributed by atoms with Gasteiger partial charge in [0, 0.05) is 36.5 Å². The van der Waals surface area contributed by atoms with Gasteiger partial charge in [-0.3, -0.25) is 9.69 Å². The molecule has 3 heterocycles. The van der Waals surface area contributed by atoms with Crippen molar-refractivity contribution in [2.45, 2.75) is 56.4 Å². The minimum Gasteiger partial charge on any atom is -0.290 e. The van der Waals surface area contributed by atoms with Crippen molar-refractivity contribution in [1.82, 2.24) is 19.0 Å². The molecule has 6 rings (SSSR count). The standard InChI is InChI=1S/C30H32N4O3S3/c1-21-14-16-32(17-15-21)40(36,37)26-13-7-8-22(18-26)28-23(20-33(31-28)24-9-3-2-4-10-24)19-27-29(35)34(30(38)39-27)25-11-5-6-12-25/h2-4,7-10,13,18-21,25H,5-6,11-12,14-17H2,1H3/b27-19-. The second-order valence-corrected chi connectivity index (χ2v) is 14.4.